The molecule has 162 valence electrons. The zero-order chi connectivity index (χ0) is 22.7. The van der Waals surface area contributed by atoms with Crippen molar-refractivity contribution < 1.29 is 4.79 Å². The molecule has 1 heterocycles. The Labute approximate surface area is 205 Å². The maximum Gasteiger partial charge on any atom is 0.342 e. The van der Waals surface area contributed by atoms with Gasteiger partial charge in [0.1, 0.15) is 0 Å². The molecule has 0 saturated heterocycles. The minimum atomic E-state index is -0.648. The number of nitrogens with zero attached hydrogens (tertiary/aromatic N) is 2. The molecule has 0 aromatic heterocycles. The number of hydrogen-bond donors (Lipinski definition) is 1. The van der Waals surface area contributed by atoms with Gasteiger partial charge in [-0.1, -0.05) is 88.2 Å². The first-order valence-corrected chi connectivity index (χ1v) is 11.5. The van der Waals surface area contributed by atoms with Gasteiger partial charge in [-0.05, 0) is 53.9 Å². The van der Waals surface area contributed by atoms with Crippen LogP contribution in [0.4, 0.5) is 10.5 Å². The number of hydrazone groups is 1. The van der Waals surface area contributed by atoms with Crippen molar-refractivity contribution in [1.82, 2.24) is 5.01 Å². The van der Waals surface area contributed by atoms with Crippen LogP contribution < -0.4 is 5.32 Å². The number of amides is 2. The first kappa shape index (κ1) is 22.6. The average Bonchev–Trinajstić information content (AvgIpc) is 3.16. The van der Waals surface area contributed by atoms with Crippen LogP contribution in [0.5, 0.6) is 0 Å². The van der Waals surface area contributed by atoms with Gasteiger partial charge < -0.3 is 5.32 Å². The van der Waals surface area contributed by atoms with Crippen LogP contribution in [0.3, 0.4) is 0 Å². The number of urea groups is 1. The molecule has 3 aromatic rings. The second-order valence-electron chi connectivity index (χ2n) is 7.59. The van der Waals surface area contributed by atoms with Gasteiger partial charge in [0.25, 0.3) is 0 Å². The highest BCUT2D eigenvalue weighted by molar-refractivity contribution is 9.10. The molecule has 1 aliphatic heterocycles. The van der Waals surface area contributed by atoms with Crippen molar-refractivity contribution in [3.05, 3.63) is 111 Å². The Morgan fingerprint density at radius 1 is 1.06 bits per heavy atom. The number of allylic oxidation sites excluding steroid dienone is 1. The summed E-state index contributed by atoms with van der Waals surface area (Å²) in [6.45, 7) is 4.27. The van der Waals surface area contributed by atoms with Crippen LogP contribution in [0, 0.1) is 0 Å². The molecule has 4 rings (SSSR count). The van der Waals surface area contributed by atoms with Gasteiger partial charge in [0.05, 0.1) is 17.7 Å². The molecule has 0 fully saturated rings. The van der Waals surface area contributed by atoms with E-state index in [0.29, 0.717) is 28.7 Å². The molecule has 3 aromatic carbocycles. The third-order valence-electron chi connectivity index (χ3n) is 5.36. The summed E-state index contributed by atoms with van der Waals surface area (Å²) < 4.78 is 0.934. The van der Waals surface area contributed by atoms with Crippen molar-refractivity contribution in [3.63, 3.8) is 0 Å². The molecule has 32 heavy (non-hydrogen) atoms. The normalized spacial score (nSPS) is 17.7. The minimum Gasteiger partial charge on any atom is -0.306 e. The van der Waals surface area contributed by atoms with E-state index in [4.69, 9.17) is 28.3 Å². The monoisotopic (exact) mass is 527 g/mol. The minimum absolute atomic E-state index is 0.322. The number of carbonyl (C=O) groups is 1. The summed E-state index contributed by atoms with van der Waals surface area (Å²) in [6, 6.07) is 24.5. The quantitative estimate of drug-likeness (QED) is 0.367. The number of nitrogens with one attached hydrogen (secondary N) is 1. The van der Waals surface area contributed by atoms with E-state index in [1.165, 1.54) is 5.01 Å². The molecule has 2 amide bonds. The lowest BCUT2D eigenvalue weighted by molar-refractivity contribution is 0.213. The SMILES string of the molecule is C=C(Cl)CC1(c2ccccc2)CN(C(=O)Nc2ccc(Br)cc2)N=C1c1ccc(Cl)cc1. The summed E-state index contributed by atoms with van der Waals surface area (Å²) in [4.78, 5) is 13.2. The van der Waals surface area contributed by atoms with Crippen LogP contribution in [0.2, 0.25) is 5.02 Å². The molecule has 1 aliphatic rings. The van der Waals surface area contributed by atoms with Crippen LogP contribution in [-0.4, -0.2) is 23.3 Å². The Morgan fingerprint density at radius 2 is 1.72 bits per heavy atom. The first-order valence-electron chi connectivity index (χ1n) is 9.95. The molecular weight excluding hydrogens is 509 g/mol. The Hall–Kier alpha value is -2.60. The van der Waals surface area contributed by atoms with Gasteiger partial charge in [0.2, 0.25) is 0 Å². The van der Waals surface area contributed by atoms with E-state index in [2.05, 4.69) is 27.8 Å². The van der Waals surface area contributed by atoms with Crippen LogP contribution in [0.15, 0.2) is 100 Å². The van der Waals surface area contributed by atoms with Gasteiger partial charge in [0.15, 0.2) is 0 Å². The number of rotatable bonds is 5. The fourth-order valence-electron chi connectivity index (χ4n) is 3.92. The lowest BCUT2D eigenvalue weighted by Crippen LogP contribution is -2.41. The van der Waals surface area contributed by atoms with Crippen molar-refractivity contribution in [3.8, 4) is 0 Å². The zero-order valence-electron chi connectivity index (χ0n) is 17.1. The van der Waals surface area contributed by atoms with Crippen LogP contribution in [0.25, 0.3) is 0 Å². The molecule has 0 spiro atoms. The largest absolute Gasteiger partial charge is 0.342 e. The molecule has 1 unspecified atom stereocenters. The molecule has 4 nitrogen and oxygen atoms in total. The van der Waals surface area contributed by atoms with E-state index in [9.17, 15) is 4.79 Å². The summed E-state index contributed by atoms with van der Waals surface area (Å²) in [5.41, 5.74) is 2.66. The second-order valence-corrected chi connectivity index (χ2v) is 9.48. The maximum absolute atomic E-state index is 13.2. The fourth-order valence-corrected chi connectivity index (χ4v) is 4.54. The van der Waals surface area contributed by atoms with E-state index in [1.54, 1.807) is 0 Å². The lowest BCUT2D eigenvalue weighted by Gasteiger charge is -2.31. The Kier molecular flexibility index (Phi) is 6.70. The van der Waals surface area contributed by atoms with Crippen molar-refractivity contribution >= 4 is 56.6 Å². The zero-order valence-corrected chi connectivity index (χ0v) is 20.2. The third kappa shape index (κ3) is 4.75. The number of anilines is 1. The Balaban J connectivity index is 1.77. The summed E-state index contributed by atoms with van der Waals surface area (Å²) in [7, 11) is 0. The van der Waals surface area contributed by atoms with Crippen molar-refractivity contribution in [2.24, 2.45) is 5.10 Å². The van der Waals surface area contributed by atoms with E-state index in [1.807, 2.05) is 78.9 Å². The Bertz CT molecular complexity index is 1160. The summed E-state index contributed by atoms with van der Waals surface area (Å²) in [6.07, 6.45) is 0.433. The van der Waals surface area contributed by atoms with Gasteiger partial charge in [-0.3, -0.25) is 0 Å². The van der Waals surface area contributed by atoms with Crippen LogP contribution in [-0.2, 0) is 5.41 Å². The summed E-state index contributed by atoms with van der Waals surface area (Å²) in [5, 5.41) is 10.3. The smallest absolute Gasteiger partial charge is 0.306 e. The van der Waals surface area contributed by atoms with Gasteiger partial charge >= 0.3 is 6.03 Å². The highest BCUT2D eigenvalue weighted by Gasteiger charge is 2.46. The van der Waals surface area contributed by atoms with Crippen molar-refractivity contribution in [2.45, 2.75) is 11.8 Å². The molecule has 1 atom stereocenters. The number of carbonyl (C=O) groups excluding carboxylic acids is 1. The second kappa shape index (κ2) is 9.49. The van der Waals surface area contributed by atoms with E-state index >= 15 is 0 Å². The van der Waals surface area contributed by atoms with E-state index in [-0.39, 0.29) is 6.03 Å². The van der Waals surface area contributed by atoms with Gasteiger partial charge in [-0.15, -0.1) is 0 Å². The molecule has 1 N–H and O–H groups in total. The molecule has 0 bridgehead atoms. The lowest BCUT2D eigenvalue weighted by atomic mass is 9.72. The fraction of sp³-hybridized carbons (Fsp3) is 0.120. The average molecular weight is 529 g/mol. The molecule has 7 heteroatoms. The number of benzene rings is 3. The Morgan fingerprint density at radius 3 is 2.34 bits per heavy atom. The predicted molar refractivity (Wildman–Crippen MR) is 136 cm³/mol. The highest BCUT2D eigenvalue weighted by Crippen LogP contribution is 2.41. The van der Waals surface area contributed by atoms with E-state index < -0.39 is 5.41 Å². The molecule has 0 saturated carbocycles. The summed E-state index contributed by atoms with van der Waals surface area (Å²) in [5.74, 6) is 0. The van der Waals surface area contributed by atoms with Crippen LogP contribution >= 0.6 is 39.1 Å². The maximum atomic E-state index is 13.2. The van der Waals surface area contributed by atoms with Crippen molar-refractivity contribution in [1.29, 1.82) is 0 Å². The molecule has 0 aliphatic carbocycles. The highest BCUT2D eigenvalue weighted by atomic mass is 79.9. The first-order chi connectivity index (χ1) is 15.4. The standard InChI is InChI=1S/C25H20BrCl2N3O/c1-17(27)15-25(19-5-3-2-4-6-19)16-31(24(32)29-22-13-9-20(26)10-14-22)30-23(25)18-7-11-21(28)12-8-18/h2-14H,1,15-16H2,(H,29,32). The predicted octanol–water partition coefficient (Wildman–Crippen LogP) is 7.43. The van der Waals surface area contributed by atoms with Gasteiger partial charge in [0, 0.05) is 20.2 Å². The third-order valence-corrected chi connectivity index (χ3v) is 6.28. The topological polar surface area (TPSA) is 44.7 Å². The van der Waals surface area contributed by atoms with Gasteiger partial charge in [-0.2, -0.15) is 5.10 Å². The van der Waals surface area contributed by atoms with E-state index in [0.717, 1.165) is 21.3 Å². The summed E-state index contributed by atoms with van der Waals surface area (Å²) >= 11 is 15.9. The molecular formula is C25H20BrCl2N3O. The number of halogens is 3. The van der Waals surface area contributed by atoms with Gasteiger partial charge in [-0.25, -0.2) is 9.80 Å². The van der Waals surface area contributed by atoms with Crippen molar-refractivity contribution in [2.75, 3.05) is 11.9 Å². The molecule has 0 radical (unpaired) electrons. The van der Waals surface area contributed by atoms with Crippen LogP contribution in [0.1, 0.15) is 17.5 Å². The number of hydrogen-bond acceptors (Lipinski definition) is 2.